The summed E-state index contributed by atoms with van der Waals surface area (Å²) in [5.74, 6) is 0.834. The Kier molecular flexibility index (Phi) is 6.56. The number of nitrogens with one attached hydrogen (secondary N) is 2. The molecule has 0 aromatic carbocycles. The molecule has 1 aliphatic rings. The lowest BCUT2D eigenvalue weighted by molar-refractivity contribution is -0.122. The molecule has 3 nitrogen and oxygen atoms in total. The molecule has 0 aromatic heterocycles. The summed E-state index contributed by atoms with van der Waals surface area (Å²) in [6, 6.07) is 0.698. The first-order valence-corrected chi connectivity index (χ1v) is 7.16. The van der Waals surface area contributed by atoms with Crippen LogP contribution in [0.3, 0.4) is 0 Å². The molecule has 1 heterocycles. The standard InChI is InChI=1S/C14H28N2O/c1-4-5-8-12(3)16-14(17)10-13-11(2)7-6-9-15-13/h11-13,15H,4-10H2,1-3H3,(H,16,17). The highest BCUT2D eigenvalue weighted by molar-refractivity contribution is 5.76. The Morgan fingerprint density at radius 1 is 1.53 bits per heavy atom. The molecule has 1 fully saturated rings. The van der Waals surface area contributed by atoms with Gasteiger partial charge < -0.3 is 10.6 Å². The fourth-order valence-electron chi connectivity index (χ4n) is 2.50. The van der Waals surface area contributed by atoms with Gasteiger partial charge in [-0.15, -0.1) is 0 Å². The van der Waals surface area contributed by atoms with Crippen LogP contribution in [0.4, 0.5) is 0 Å². The maximum atomic E-state index is 11.9. The van der Waals surface area contributed by atoms with Gasteiger partial charge in [0, 0.05) is 18.5 Å². The van der Waals surface area contributed by atoms with Gasteiger partial charge in [-0.2, -0.15) is 0 Å². The summed E-state index contributed by atoms with van der Waals surface area (Å²) in [6.45, 7) is 7.59. The molecule has 0 bridgehead atoms. The third kappa shape index (κ3) is 5.53. The van der Waals surface area contributed by atoms with Gasteiger partial charge >= 0.3 is 0 Å². The van der Waals surface area contributed by atoms with Crippen LogP contribution >= 0.6 is 0 Å². The lowest BCUT2D eigenvalue weighted by atomic mass is 9.90. The molecule has 3 unspecified atom stereocenters. The van der Waals surface area contributed by atoms with Crippen molar-refractivity contribution in [2.24, 2.45) is 5.92 Å². The van der Waals surface area contributed by atoms with E-state index >= 15 is 0 Å². The van der Waals surface area contributed by atoms with Gasteiger partial charge in [0.1, 0.15) is 0 Å². The number of piperidine rings is 1. The highest BCUT2D eigenvalue weighted by atomic mass is 16.1. The average molecular weight is 240 g/mol. The number of carbonyl (C=O) groups is 1. The van der Waals surface area contributed by atoms with Crippen LogP contribution in [0.15, 0.2) is 0 Å². The van der Waals surface area contributed by atoms with Crippen LogP contribution in [-0.2, 0) is 4.79 Å². The van der Waals surface area contributed by atoms with E-state index in [1.165, 1.54) is 25.7 Å². The van der Waals surface area contributed by atoms with Crippen LogP contribution in [0.2, 0.25) is 0 Å². The summed E-state index contributed by atoms with van der Waals surface area (Å²) >= 11 is 0. The Hall–Kier alpha value is -0.570. The average Bonchev–Trinajstić information content (AvgIpc) is 2.29. The van der Waals surface area contributed by atoms with Crippen molar-refractivity contribution in [1.29, 1.82) is 0 Å². The van der Waals surface area contributed by atoms with E-state index in [2.05, 4.69) is 31.4 Å². The second-order valence-corrected chi connectivity index (χ2v) is 5.50. The fourth-order valence-corrected chi connectivity index (χ4v) is 2.50. The fraction of sp³-hybridized carbons (Fsp3) is 0.929. The van der Waals surface area contributed by atoms with E-state index in [1.807, 2.05) is 0 Å². The van der Waals surface area contributed by atoms with Crippen LogP contribution in [0.1, 0.15) is 59.3 Å². The van der Waals surface area contributed by atoms with Crippen LogP contribution in [0.5, 0.6) is 0 Å². The van der Waals surface area contributed by atoms with Crippen molar-refractivity contribution in [2.75, 3.05) is 6.54 Å². The number of unbranched alkanes of at least 4 members (excludes halogenated alkanes) is 1. The molecule has 1 amide bonds. The van der Waals surface area contributed by atoms with Crippen molar-refractivity contribution in [2.45, 2.75) is 71.4 Å². The summed E-state index contributed by atoms with van der Waals surface area (Å²) in [6.07, 6.45) is 6.61. The summed E-state index contributed by atoms with van der Waals surface area (Å²) in [5, 5.41) is 6.56. The van der Waals surface area contributed by atoms with Crippen molar-refractivity contribution in [3.8, 4) is 0 Å². The Morgan fingerprint density at radius 3 is 2.94 bits per heavy atom. The Morgan fingerprint density at radius 2 is 2.29 bits per heavy atom. The number of amides is 1. The molecule has 0 radical (unpaired) electrons. The van der Waals surface area contributed by atoms with Gasteiger partial charge in [0.2, 0.25) is 5.91 Å². The zero-order valence-corrected chi connectivity index (χ0v) is 11.6. The first kappa shape index (κ1) is 14.5. The van der Waals surface area contributed by atoms with E-state index in [9.17, 15) is 4.79 Å². The molecule has 0 spiro atoms. The first-order chi connectivity index (χ1) is 8.13. The number of hydrogen-bond donors (Lipinski definition) is 2. The molecular formula is C14H28N2O. The van der Waals surface area contributed by atoms with Crippen molar-refractivity contribution in [1.82, 2.24) is 10.6 Å². The molecule has 2 N–H and O–H groups in total. The van der Waals surface area contributed by atoms with Gasteiger partial charge in [0.05, 0.1) is 0 Å². The van der Waals surface area contributed by atoms with Crippen molar-refractivity contribution < 1.29 is 4.79 Å². The second-order valence-electron chi connectivity index (χ2n) is 5.50. The molecule has 1 aliphatic heterocycles. The van der Waals surface area contributed by atoms with Crippen LogP contribution in [-0.4, -0.2) is 24.5 Å². The quantitative estimate of drug-likeness (QED) is 0.749. The molecule has 1 rings (SSSR count). The molecule has 3 atom stereocenters. The zero-order chi connectivity index (χ0) is 12.7. The molecule has 0 aromatic rings. The zero-order valence-electron chi connectivity index (χ0n) is 11.6. The molecule has 0 saturated carbocycles. The van der Waals surface area contributed by atoms with Gasteiger partial charge in [-0.1, -0.05) is 26.7 Å². The van der Waals surface area contributed by atoms with Crippen LogP contribution in [0, 0.1) is 5.92 Å². The minimum atomic E-state index is 0.208. The van der Waals surface area contributed by atoms with Crippen molar-refractivity contribution >= 4 is 5.91 Å². The van der Waals surface area contributed by atoms with E-state index in [0.717, 1.165) is 13.0 Å². The Bertz CT molecular complexity index is 230. The van der Waals surface area contributed by atoms with E-state index in [0.29, 0.717) is 24.4 Å². The third-order valence-corrected chi connectivity index (χ3v) is 3.73. The van der Waals surface area contributed by atoms with Gasteiger partial charge in [-0.25, -0.2) is 0 Å². The van der Waals surface area contributed by atoms with Gasteiger partial charge in [0.15, 0.2) is 0 Å². The summed E-state index contributed by atoms with van der Waals surface area (Å²) in [5.41, 5.74) is 0. The van der Waals surface area contributed by atoms with E-state index in [1.54, 1.807) is 0 Å². The van der Waals surface area contributed by atoms with E-state index in [4.69, 9.17) is 0 Å². The highest BCUT2D eigenvalue weighted by Crippen LogP contribution is 2.17. The largest absolute Gasteiger partial charge is 0.354 e. The lowest BCUT2D eigenvalue weighted by Gasteiger charge is -2.30. The Labute approximate surface area is 106 Å². The van der Waals surface area contributed by atoms with Gasteiger partial charge in [-0.05, 0) is 38.6 Å². The molecular weight excluding hydrogens is 212 g/mol. The third-order valence-electron chi connectivity index (χ3n) is 3.73. The predicted molar refractivity (Wildman–Crippen MR) is 71.9 cm³/mol. The lowest BCUT2D eigenvalue weighted by Crippen LogP contribution is -2.44. The van der Waals surface area contributed by atoms with Crippen molar-refractivity contribution in [3.05, 3.63) is 0 Å². The molecule has 100 valence electrons. The normalized spacial score (nSPS) is 26.5. The predicted octanol–water partition coefficient (Wildman–Crippen LogP) is 2.46. The molecule has 3 heteroatoms. The van der Waals surface area contributed by atoms with Crippen LogP contribution < -0.4 is 10.6 Å². The molecule has 17 heavy (non-hydrogen) atoms. The molecule has 0 aliphatic carbocycles. The number of rotatable bonds is 6. The number of hydrogen-bond acceptors (Lipinski definition) is 2. The van der Waals surface area contributed by atoms with E-state index in [-0.39, 0.29) is 5.91 Å². The summed E-state index contributed by atoms with van der Waals surface area (Å²) in [7, 11) is 0. The molecule has 1 saturated heterocycles. The SMILES string of the molecule is CCCCC(C)NC(=O)CC1NCCCC1C. The minimum absolute atomic E-state index is 0.208. The monoisotopic (exact) mass is 240 g/mol. The Balaban J connectivity index is 2.23. The van der Waals surface area contributed by atoms with Gasteiger partial charge in [-0.3, -0.25) is 4.79 Å². The first-order valence-electron chi connectivity index (χ1n) is 7.16. The summed E-state index contributed by atoms with van der Waals surface area (Å²) < 4.78 is 0. The maximum absolute atomic E-state index is 11.9. The minimum Gasteiger partial charge on any atom is -0.354 e. The van der Waals surface area contributed by atoms with Crippen molar-refractivity contribution in [3.63, 3.8) is 0 Å². The second kappa shape index (κ2) is 7.70. The van der Waals surface area contributed by atoms with Gasteiger partial charge in [0.25, 0.3) is 0 Å². The van der Waals surface area contributed by atoms with E-state index < -0.39 is 0 Å². The smallest absolute Gasteiger partial charge is 0.221 e. The topological polar surface area (TPSA) is 41.1 Å². The number of carbonyl (C=O) groups excluding carboxylic acids is 1. The maximum Gasteiger partial charge on any atom is 0.221 e. The summed E-state index contributed by atoms with van der Waals surface area (Å²) in [4.78, 5) is 11.9. The van der Waals surface area contributed by atoms with Crippen LogP contribution in [0.25, 0.3) is 0 Å². The highest BCUT2D eigenvalue weighted by Gasteiger charge is 2.23.